The van der Waals surface area contributed by atoms with Gasteiger partial charge in [0.15, 0.2) is 0 Å². The summed E-state index contributed by atoms with van der Waals surface area (Å²) < 4.78 is 12.3. The normalized spacial score (nSPS) is 27.7. The molecular weight excluding hydrogens is 602 g/mol. The van der Waals surface area contributed by atoms with E-state index in [2.05, 4.69) is 19.2 Å². The molecule has 1 aromatic carbocycles. The van der Waals surface area contributed by atoms with Gasteiger partial charge in [0.2, 0.25) is 5.91 Å². The number of Topliss-reactive ketones (excluding diaryl/α,β-unsaturated/α-hetero) is 1. The van der Waals surface area contributed by atoms with E-state index in [4.69, 9.17) is 19.4 Å². The Balaban J connectivity index is 1.35. The lowest BCUT2D eigenvalue weighted by molar-refractivity contribution is -0.147. The maximum atomic E-state index is 13.9. The first-order chi connectivity index (χ1) is 22.0. The van der Waals surface area contributed by atoms with Crippen molar-refractivity contribution in [3.05, 3.63) is 47.0 Å². The van der Waals surface area contributed by atoms with E-state index in [1.807, 2.05) is 37.3 Å². The molecule has 244 valence electrons. The molecule has 1 N–H and O–H groups in total. The number of amides is 1. The first-order valence-corrected chi connectivity index (χ1v) is 17.2. The average molecular weight is 646 g/mol. The van der Waals surface area contributed by atoms with E-state index in [1.54, 1.807) is 19.1 Å². The van der Waals surface area contributed by atoms with Crippen molar-refractivity contribution in [3.63, 3.8) is 0 Å². The number of carboxylic acids is 1. The summed E-state index contributed by atoms with van der Waals surface area (Å²) in [6.45, 7) is 6.79. The van der Waals surface area contributed by atoms with Crippen LogP contribution in [0.5, 0.6) is 11.5 Å². The van der Waals surface area contributed by atoms with Crippen molar-refractivity contribution in [1.29, 1.82) is 0 Å². The molecule has 1 amide bonds. The number of aromatic nitrogens is 2. The molecule has 3 aliphatic rings. The highest BCUT2D eigenvalue weighted by Gasteiger charge is 2.61. The molecule has 2 saturated carbocycles. The van der Waals surface area contributed by atoms with Gasteiger partial charge in [-0.05, 0) is 69.4 Å². The van der Waals surface area contributed by atoms with Crippen LogP contribution in [0.25, 0.3) is 21.6 Å². The van der Waals surface area contributed by atoms with Gasteiger partial charge < -0.3 is 19.5 Å². The smallest absolute Gasteiger partial charge is 0.310 e. The molecule has 0 saturated heterocycles. The van der Waals surface area contributed by atoms with Crippen molar-refractivity contribution < 1.29 is 29.0 Å². The summed E-state index contributed by atoms with van der Waals surface area (Å²) >= 11 is 1.54. The minimum Gasteiger partial charge on any atom is -0.496 e. The zero-order valence-electron chi connectivity index (χ0n) is 27.2. The molecule has 0 spiro atoms. The van der Waals surface area contributed by atoms with Crippen LogP contribution in [0.2, 0.25) is 0 Å². The lowest BCUT2D eigenvalue weighted by Crippen LogP contribution is -2.38. The summed E-state index contributed by atoms with van der Waals surface area (Å²) in [6, 6.07) is 5.74. The van der Waals surface area contributed by atoms with Crippen LogP contribution in [0.15, 0.2) is 35.7 Å². The molecule has 0 radical (unpaired) electrons. The number of thiazole rings is 1. The number of carbonyl (C=O) groups excluding carboxylic acids is 2. The number of aryl methyl sites for hydroxylation is 1. The van der Waals surface area contributed by atoms with Gasteiger partial charge in [-0.3, -0.25) is 14.4 Å². The molecule has 2 aromatic heterocycles. The van der Waals surface area contributed by atoms with Gasteiger partial charge in [-0.15, -0.1) is 11.3 Å². The second kappa shape index (κ2) is 12.8. The van der Waals surface area contributed by atoms with Crippen LogP contribution in [0.1, 0.15) is 76.0 Å². The molecule has 46 heavy (non-hydrogen) atoms. The highest BCUT2D eigenvalue weighted by Crippen LogP contribution is 2.57. The maximum absolute atomic E-state index is 13.9. The fourth-order valence-electron chi connectivity index (χ4n) is 7.19. The van der Waals surface area contributed by atoms with Gasteiger partial charge in [0.1, 0.15) is 34.1 Å². The number of methoxy groups -OCH3 is 1. The van der Waals surface area contributed by atoms with Crippen LogP contribution in [0.4, 0.5) is 0 Å². The Morgan fingerprint density at radius 2 is 1.91 bits per heavy atom. The monoisotopic (exact) mass is 645 g/mol. The number of hydrogen-bond donors (Lipinski definition) is 1. The van der Waals surface area contributed by atoms with Gasteiger partial charge in [0, 0.05) is 48.3 Å². The summed E-state index contributed by atoms with van der Waals surface area (Å²) in [5.41, 5.74) is 2.23. The van der Waals surface area contributed by atoms with Gasteiger partial charge in [-0.2, -0.15) is 0 Å². The number of aliphatic carboxylic acids is 1. The van der Waals surface area contributed by atoms with E-state index in [9.17, 15) is 19.5 Å². The zero-order chi connectivity index (χ0) is 32.7. The van der Waals surface area contributed by atoms with Crippen LogP contribution >= 0.6 is 11.3 Å². The number of rotatable bonds is 6. The number of nitrogens with zero attached hydrogens (tertiary/aromatic N) is 3. The standard InChI is InChI=1S/C36H43N3O6S/c1-20(2)28-19-46-33(38-28)27-16-31(24-11-12-30(44-5)21(3)32(24)37-27)45-23-14-25-26(15-23)34(41)39(4)13-9-7-6-8-10-22-17-36(22,35(42)43)18-29(25)40/h8,10-12,16,19-20,22-23,25-26H,6-7,9,13-15,17-18H2,1-5H3,(H,42,43)/b10-8-/t22-,23+,25+,26+,36+/m0/s1. The Bertz CT molecular complexity index is 1700. The third kappa shape index (κ3) is 6.04. The SMILES string of the molecule is COc1ccc2c(O[C@@H]3C[C@H]4C(=O)C[C@]5(C(=O)O)C[C@@H]5/C=C\CCCCN(C)C(=O)[C@@H]4C3)cc(-c3nc(C(C)C)cs3)nc2c1C. The van der Waals surface area contributed by atoms with Crippen molar-refractivity contribution in [2.24, 2.45) is 23.2 Å². The van der Waals surface area contributed by atoms with Crippen LogP contribution in [0.3, 0.4) is 0 Å². The molecule has 1 aliphatic heterocycles. The molecule has 3 aromatic rings. The summed E-state index contributed by atoms with van der Waals surface area (Å²) in [6.07, 6.45) is 7.32. The van der Waals surface area contributed by atoms with Crippen LogP contribution in [-0.4, -0.2) is 64.4 Å². The molecule has 5 atom stereocenters. The highest BCUT2D eigenvalue weighted by atomic mass is 32.1. The molecule has 0 unspecified atom stereocenters. The molecule has 9 nitrogen and oxygen atoms in total. The number of carbonyl (C=O) groups is 3. The number of allylic oxidation sites excluding steroid dienone is 2. The van der Waals surface area contributed by atoms with Crippen LogP contribution in [-0.2, 0) is 14.4 Å². The topological polar surface area (TPSA) is 119 Å². The molecule has 2 aliphatic carbocycles. The van der Waals surface area contributed by atoms with Crippen molar-refractivity contribution >= 4 is 39.9 Å². The number of carboxylic acid groups (broad SMARTS) is 1. The second-order valence-electron chi connectivity index (χ2n) is 13.5. The fraction of sp³-hybridized carbons (Fsp3) is 0.528. The Hall–Kier alpha value is -3.79. The minimum absolute atomic E-state index is 0.0637. The first-order valence-electron chi connectivity index (χ1n) is 16.3. The number of ether oxygens (including phenoxy) is 2. The number of pyridine rings is 1. The Morgan fingerprint density at radius 3 is 2.63 bits per heavy atom. The van der Waals surface area contributed by atoms with Gasteiger partial charge in [-0.1, -0.05) is 26.0 Å². The molecule has 6 rings (SSSR count). The lowest BCUT2D eigenvalue weighted by Gasteiger charge is -2.25. The average Bonchev–Trinajstić information content (AvgIpc) is 3.33. The molecular formula is C36H43N3O6S. The Labute approximate surface area is 274 Å². The first kappa shape index (κ1) is 32.2. The summed E-state index contributed by atoms with van der Waals surface area (Å²) in [5, 5.41) is 13.8. The van der Waals surface area contributed by atoms with Gasteiger partial charge in [0.25, 0.3) is 0 Å². The van der Waals surface area contributed by atoms with E-state index < -0.39 is 29.3 Å². The fourth-order valence-corrected chi connectivity index (χ4v) is 8.13. The zero-order valence-corrected chi connectivity index (χ0v) is 28.1. The summed E-state index contributed by atoms with van der Waals surface area (Å²) in [5.74, 6) is -0.859. The summed E-state index contributed by atoms with van der Waals surface area (Å²) in [7, 11) is 3.43. The largest absolute Gasteiger partial charge is 0.496 e. The molecule has 2 fully saturated rings. The van der Waals surface area contributed by atoms with E-state index in [0.717, 1.165) is 52.2 Å². The van der Waals surface area contributed by atoms with Crippen LogP contribution in [0, 0.1) is 30.1 Å². The highest BCUT2D eigenvalue weighted by molar-refractivity contribution is 7.13. The van der Waals surface area contributed by atoms with Gasteiger partial charge in [0.05, 0.1) is 29.7 Å². The van der Waals surface area contributed by atoms with Gasteiger partial charge in [-0.25, -0.2) is 9.97 Å². The molecule has 10 heteroatoms. The number of benzene rings is 1. The Kier molecular flexibility index (Phi) is 8.93. The quantitative estimate of drug-likeness (QED) is 0.290. The van der Waals surface area contributed by atoms with E-state index >= 15 is 0 Å². The van der Waals surface area contributed by atoms with Crippen molar-refractivity contribution in [2.45, 2.75) is 77.7 Å². The van der Waals surface area contributed by atoms with E-state index in [1.165, 1.54) is 11.3 Å². The predicted octanol–water partition coefficient (Wildman–Crippen LogP) is 6.82. The number of fused-ring (bicyclic) bond motifs is 3. The third-order valence-corrected chi connectivity index (χ3v) is 11.0. The van der Waals surface area contributed by atoms with Crippen molar-refractivity contribution in [3.8, 4) is 22.2 Å². The maximum Gasteiger partial charge on any atom is 0.310 e. The molecule has 3 heterocycles. The van der Waals surface area contributed by atoms with Crippen molar-refractivity contribution in [2.75, 3.05) is 20.7 Å². The summed E-state index contributed by atoms with van der Waals surface area (Å²) in [4.78, 5) is 51.7. The molecule has 0 bridgehead atoms. The van der Waals surface area contributed by atoms with Crippen molar-refractivity contribution in [1.82, 2.24) is 14.9 Å². The predicted molar refractivity (Wildman–Crippen MR) is 177 cm³/mol. The number of ketones is 1. The second-order valence-corrected chi connectivity index (χ2v) is 14.4. The number of hydrogen-bond acceptors (Lipinski definition) is 8. The third-order valence-electron chi connectivity index (χ3n) is 10.2. The van der Waals surface area contributed by atoms with E-state index in [-0.39, 0.29) is 29.9 Å². The minimum atomic E-state index is -1.08. The van der Waals surface area contributed by atoms with Gasteiger partial charge >= 0.3 is 5.97 Å². The van der Waals surface area contributed by atoms with E-state index in [0.29, 0.717) is 37.3 Å². The van der Waals surface area contributed by atoms with Crippen LogP contribution < -0.4 is 9.47 Å². The lowest BCUT2D eigenvalue weighted by atomic mass is 9.84. The Morgan fingerprint density at radius 1 is 1.13 bits per heavy atom.